The number of rotatable bonds is 14. The lowest BCUT2D eigenvalue weighted by Crippen LogP contribution is -2.56. The van der Waals surface area contributed by atoms with E-state index in [2.05, 4.69) is 16.0 Å². The first-order valence-corrected chi connectivity index (χ1v) is 14.1. The van der Waals surface area contributed by atoms with Crippen LogP contribution in [0.2, 0.25) is 0 Å². The van der Waals surface area contributed by atoms with E-state index in [1.54, 1.807) is 6.92 Å². The highest BCUT2D eigenvalue weighted by Crippen LogP contribution is 2.29. The molecule has 4 unspecified atom stereocenters. The summed E-state index contributed by atoms with van der Waals surface area (Å²) in [5.74, 6) is -1.26. The number of Topliss-reactive ketones (excluding diaryl/α,β-unsaturated/α-hetero) is 1. The minimum absolute atomic E-state index is 0.0566. The first-order valence-electron chi connectivity index (χ1n) is 14.1. The minimum Gasteiger partial charge on any atom is -0.445 e. The molecule has 0 aliphatic carbocycles. The number of alkyl carbamates (subject to hydrolysis) is 1. The Bertz CT molecular complexity index is 1350. The van der Waals surface area contributed by atoms with Gasteiger partial charge in [0, 0.05) is 6.42 Å². The summed E-state index contributed by atoms with van der Waals surface area (Å²) < 4.78 is 10.6. The van der Waals surface area contributed by atoms with Crippen LogP contribution in [0.15, 0.2) is 91.0 Å². The zero-order chi connectivity index (χ0) is 30.0. The number of ether oxygens (including phenoxy) is 2. The van der Waals surface area contributed by atoms with E-state index in [1.807, 2.05) is 91.0 Å². The molecule has 220 valence electrons. The second-order valence-electron chi connectivity index (χ2n) is 10.6. The Hall–Kier alpha value is -4.50. The van der Waals surface area contributed by atoms with Gasteiger partial charge in [0.1, 0.15) is 24.3 Å². The van der Waals surface area contributed by atoms with Crippen LogP contribution >= 0.6 is 0 Å². The summed E-state index contributed by atoms with van der Waals surface area (Å²) >= 11 is 0. The number of hydrogen-bond donors (Lipinski definition) is 3. The highest BCUT2D eigenvalue weighted by Gasteiger charge is 2.50. The predicted octanol–water partition coefficient (Wildman–Crippen LogP) is 3.50. The number of ketones is 1. The molecule has 3 aromatic carbocycles. The molecule has 1 fully saturated rings. The molecular weight excluding hydrogens is 534 g/mol. The van der Waals surface area contributed by atoms with Gasteiger partial charge in [0.2, 0.25) is 11.8 Å². The lowest BCUT2D eigenvalue weighted by molar-refractivity contribution is -0.133. The van der Waals surface area contributed by atoms with Crippen molar-refractivity contribution >= 4 is 23.7 Å². The average Bonchev–Trinajstić information content (AvgIpc) is 3.77. The van der Waals surface area contributed by atoms with Gasteiger partial charge in [-0.2, -0.15) is 0 Å². The first-order chi connectivity index (χ1) is 20.2. The first kappa shape index (κ1) is 30.5. The fourth-order valence-corrected chi connectivity index (χ4v) is 4.48. The van der Waals surface area contributed by atoms with Gasteiger partial charge in [-0.25, -0.2) is 4.79 Å². The number of amides is 3. The Balaban J connectivity index is 1.41. The zero-order valence-corrected chi connectivity index (χ0v) is 23.9. The van der Waals surface area contributed by atoms with E-state index in [0.29, 0.717) is 19.4 Å². The van der Waals surface area contributed by atoms with E-state index in [9.17, 15) is 19.2 Å². The van der Waals surface area contributed by atoms with Crippen LogP contribution in [0.3, 0.4) is 0 Å². The Morgan fingerprint density at radius 3 is 1.86 bits per heavy atom. The number of nitrogens with one attached hydrogen (secondary N) is 3. The second-order valence-corrected chi connectivity index (χ2v) is 10.6. The molecule has 3 aromatic rings. The number of hydrogen-bond acceptors (Lipinski definition) is 6. The Labute approximate surface area is 246 Å². The van der Waals surface area contributed by atoms with Crippen molar-refractivity contribution in [3.05, 3.63) is 108 Å². The van der Waals surface area contributed by atoms with E-state index >= 15 is 0 Å². The second kappa shape index (κ2) is 14.4. The molecule has 1 aliphatic heterocycles. The lowest BCUT2D eigenvalue weighted by atomic mass is 9.94. The van der Waals surface area contributed by atoms with Gasteiger partial charge >= 0.3 is 6.09 Å². The molecule has 3 N–H and O–H groups in total. The van der Waals surface area contributed by atoms with Gasteiger partial charge in [-0.05, 0) is 43.4 Å². The van der Waals surface area contributed by atoms with Gasteiger partial charge in [0.05, 0.1) is 12.6 Å². The molecule has 3 amide bonds. The van der Waals surface area contributed by atoms with E-state index in [0.717, 1.165) is 16.7 Å². The predicted molar refractivity (Wildman–Crippen MR) is 157 cm³/mol. The Kier molecular flexibility index (Phi) is 10.4. The number of carbonyl (C=O) groups is 4. The van der Waals surface area contributed by atoms with Gasteiger partial charge in [-0.1, -0.05) is 91.0 Å². The normalized spacial score (nSPS) is 17.7. The number of carbonyl (C=O) groups excluding carboxylic acids is 4. The maximum atomic E-state index is 13.6. The van der Waals surface area contributed by atoms with Gasteiger partial charge in [-0.15, -0.1) is 0 Å². The summed E-state index contributed by atoms with van der Waals surface area (Å²) in [7, 11) is 0. The molecule has 9 nitrogen and oxygen atoms in total. The third-order valence-corrected chi connectivity index (χ3v) is 7.15. The van der Waals surface area contributed by atoms with Crippen molar-refractivity contribution in [3.8, 4) is 0 Å². The highest BCUT2D eigenvalue weighted by molar-refractivity contribution is 5.98. The average molecular weight is 572 g/mol. The Morgan fingerprint density at radius 2 is 1.29 bits per heavy atom. The molecule has 0 bridgehead atoms. The van der Waals surface area contributed by atoms with Crippen LogP contribution in [0.1, 0.15) is 37.0 Å². The lowest BCUT2D eigenvalue weighted by Gasteiger charge is -2.25. The quantitative estimate of drug-likeness (QED) is 0.254. The smallest absolute Gasteiger partial charge is 0.408 e. The van der Waals surface area contributed by atoms with Crippen molar-refractivity contribution in [1.82, 2.24) is 16.0 Å². The maximum absolute atomic E-state index is 13.6. The van der Waals surface area contributed by atoms with Crippen molar-refractivity contribution < 1.29 is 28.7 Å². The van der Waals surface area contributed by atoms with Gasteiger partial charge in [0.25, 0.3) is 0 Å². The molecule has 0 aromatic heterocycles. The number of aryl methyl sites for hydroxylation is 1. The van der Waals surface area contributed by atoms with Crippen molar-refractivity contribution in [2.75, 3.05) is 6.61 Å². The summed E-state index contributed by atoms with van der Waals surface area (Å²) in [6.45, 7) is 3.58. The van der Waals surface area contributed by atoms with Crippen molar-refractivity contribution in [1.29, 1.82) is 0 Å². The van der Waals surface area contributed by atoms with Crippen molar-refractivity contribution in [3.63, 3.8) is 0 Å². The van der Waals surface area contributed by atoms with E-state index in [4.69, 9.17) is 9.47 Å². The fourth-order valence-electron chi connectivity index (χ4n) is 4.48. The third kappa shape index (κ3) is 9.01. The molecule has 1 aliphatic rings. The van der Waals surface area contributed by atoms with E-state index < -0.39 is 41.6 Å². The molecule has 9 heteroatoms. The molecule has 0 saturated carbocycles. The molecule has 0 spiro atoms. The SMILES string of the molecule is CC(NC(=O)OCc1ccccc1)C(=O)NC(Cc1ccccc1)C(=O)NC(CCc1ccccc1)C(=O)C1(C)CO1. The highest BCUT2D eigenvalue weighted by atomic mass is 16.6. The fraction of sp³-hybridized carbons (Fsp3) is 0.333. The van der Waals surface area contributed by atoms with Crippen LogP contribution in [0, 0.1) is 0 Å². The molecule has 1 saturated heterocycles. The molecular formula is C33H37N3O6. The van der Waals surface area contributed by atoms with Crippen LogP contribution in [-0.4, -0.2) is 54.0 Å². The maximum Gasteiger partial charge on any atom is 0.408 e. The summed E-state index contributed by atoms with van der Waals surface area (Å²) in [5, 5.41) is 8.14. The molecule has 4 rings (SSSR count). The monoisotopic (exact) mass is 571 g/mol. The standard InChI is InChI=1S/C33H37N3O6/c1-23(34-32(40)41-21-26-16-10-5-11-17-26)30(38)36-28(20-25-14-8-4-9-15-25)31(39)35-27(29(37)33(2)22-42-33)19-18-24-12-6-3-7-13-24/h3-17,23,27-28H,18-22H2,1-2H3,(H,34,40)(H,35,39)(H,36,38). The molecule has 42 heavy (non-hydrogen) atoms. The molecule has 4 atom stereocenters. The third-order valence-electron chi connectivity index (χ3n) is 7.15. The van der Waals surface area contributed by atoms with E-state index in [1.165, 1.54) is 6.92 Å². The largest absolute Gasteiger partial charge is 0.445 e. The van der Waals surface area contributed by atoms with Gasteiger partial charge in [0.15, 0.2) is 5.78 Å². The van der Waals surface area contributed by atoms with Gasteiger partial charge < -0.3 is 25.4 Å². The number of epoxide rings is 1. The zero-order valence-electron chi connectivity index (χ0n) is 23.9. The summed E-state index contributed by atoms with van der Waals surface area (Å²) in [6.07, 6.45) is 0.395. The van der Waals surface area contributed by atoms with Crippen LogP contribution in [0.5, 0.6) is 0 Å². The van der Waals surface area contributed by atoms with E-state index in [-0.39, 0.29) is 18.8 Å². The number of benzene rings is 3. The van der Waals surface area contributed by atoms with Crippen molar-refractivity contribution in [2.45, 2.75) is 63.4 Å². The molecule has 0 radical (unpaired) electrons. The minimum atomic E-state index is -0.996. The summed E-state index contributed by atoms with van der Waals surface area (Å²) in [4.78, 5) is 52.3. The van der Waals surface area contributed by atoms with Crippen LogP contribution in [0.25, 0.3) is 0 Å². The van der Waals surface area contributed by atoms with Crippen LogP contribution in [-0.2, 0) is 43.3 Å². The summed E-state index contributed by atoms with van der Waals surface area (Å²) in [6, 6.07) is 25.4. The Morgan fingerprint density at radius 1 is 0.762 bits per heavy atom. The van der Waals surface area contributed by atoms with Crippen LogP contribution < -0.4 is 16.0 Å². The molecule has 1 heterocycles. The topological polar surface area (TPSA) is 126 Å². The summed E-state index contributed by atoms with van der Waals surface area (Å²) in [5.41, 5.74) is 1.75. The van der Waals surface area contributed by atoms with Crippen LogP contribution in [0.4, 0.5) is 4.79 Å². The van der Waals surface area contributed by atoms with Gasteiger partial charge in [-0.3, -0.25) is 14.4 Å². The van der Waals surface area contributed by atoms with Crippen molar-refractivity contribution in [2.24, 2.45) is 0 Å².